The van der Waals surface area contributed by atoms with Gasteiger partial charge >= 0.3 is 0 Å². The molecule has 8 heteroatoms. The van der Waals surface area contributed by atoms with E-state index >= 15 is 0 Å². The van der Waals surface area contributed by atoms with Crippen molar-refractivity contribution in [3.05, 3.63) is 54.0 Å². The number of carbonyl (C=O) groups is 1. The number of thiophene rings is 1. The van der Waals surface area contributed by atoms with Crippen LogP contribution in [0.4, 0.5) is 5.69 Å². The average molecular weight is 347 g/mol. The predicted octanol–water partition coefficient (Wildman–Crippen LogP) is 2.21. The van der Waals surface area contributed by atoms with Gasteiger partial charge in [0.05, 0.1) is 17.7 Å². The third-order valence-electron chi connectivity index (χ3n) is 3.09. The van der Waals surface area contributed by atoms with Gasteiger partial charge in [-0.05, 0) is 23.6 Å². The molecule has 0 aliphatic heterocycles. The summed E-state index contributed by atoms with van der Waals surface area (Å²) in [6.45, 7) is -0.344. The highest BCUT2D eigenvalue weighted by Crippen LogP contribution is 2.20. The summed E-state index contributed by atoms with van der Waals surface area (Å²) < 4.78 is 26.4. The van der Waals surface area contributed by atoms with E-state index < -0.39 is 15.9 Å². The van der Waals surface area contributed by atoms with Gasteiger partial charge in [0.1, 0.15) is 4.21 Å². The number of benzene rings is 1. The molecule has 23 heavy (non-hydrogen) atoms. The van der Waals surface area contributed by atoms with Crippen LogP contribution in [-0.4, -0.2) is 25.9 Å². The Morgan fingerprint density at radius 3 is 2.74 bits per heavy atom. The summed E-state index contributed by atoms with van der Waals surface area (Å²) in [5, 5.41) is 5.23. The van der Waals surface area contributed by atoms with Crippen molar-refractivity contribution in [2.24, 2.45) is 0 Å². The Balaban J connectivity index is 1.70. The first-order valence-electron chi connectivity index (χ1n) is 6.73. The number of amides is 1. The Hall–Kier alpha value is -2.29. The quantitative estimate of drug-likeness (QED) is 0.741. The van der Waals surface area contributed by atoms with Crippen LogP contribution >= 0.6 is 11.3 Å². The smallest absolute Gasteiger partial charge is 0.250 e. The van der Waals surface area contributed by atoms with Gasteiger partial charge in [0, 0.05) is 11.6 Å². The standard InChI is InChI=1S/C15H13N3O3S2/c19-13(10-17-23(20,21)14-7-3-9-22-14)18-12-6-1-4-11-5-2-8-16-15(11)12/h1-9,17H,10H2,(H,18,19). The molecular weight excluding hydrogens is 334 g/mol. The van der Waals surface area contributed by atoms with Crippen molar-refractivity contribution < 1.29 is 13.2 Å². The minimum atomic E-state index is -3.65. The summed E-state index contributed by atoms with van der Waals surface area (Å²) in [5.41, 5.74) is 1.20. The van der Waals surface area contributed by atoms with Gasteiger partial charge in [0.15, 0.2) is 0 Å². The third kappa shape index (κ3) is 3.55. The number of aromatic nitrogens is 1. The van der Waals surface area contributed by atoms with Crippen molar-refractivity contribution >= 4 is 43.9 Å². The zero-order valence-electron chi connectivity index (χ0n) is 11.9. The molecule has 0 saturated heterocycles. The zero-order chi connectivity index (χ0) is 16.3. The van der Waals surface area contributed by atoms with Crippen LogP contribution < -0.4 is 10.0 Å². The summed E-state index contributed by atoms with van der Waals surface area (Å²) >= 11 is 1.10. The van der Waals surface area contributed by atoms with Crippen LogP contribution in [0.15, 0.2) is 58.3 Å². The number of hydrogen-bond acceptors (Lipinski definition) is 5. The maximum absolute atomic E-state index is 12.0. The molecular formula is C15H13N3O3S2. The highest BCUT2D eigenvalue weighted by atomic mass is 32.2. The number of fused-ring (bicyclic) bond motifs is 1. The molecule has 2 heterocycles. The number of anilines is 1. The molecule has 0 fully saturated rings. The van der Waals surface area contributed by atoms with E-state index in [0.29, 0.717) is 11.2 Å². The molecule has 0 spiro atoms. The molecule has 2 aromatic heterocycles. The van der Waals surface area contributed by atoms with Crippen LogP contribution in [0.2, 0.25) is 0 Å². The Morgan fingerprint density at radius 1 is 1.13 bits per heavy atom. The van der Waals surface area contributed by atoms with Gasteiger partial charge in [-0.25, -0.2) is 13.1 Å². The van der Waals surface area contributed by atoms with E-state index in [4.69, 9.17) is 0 Å². The molecule has 0 atom stereocenters. The minimum Gasteiger partial charge on any atom is -0.323 e. The van der Waals surface area contributed by atoms with Gasteiger partial charge in [-0.15, -0.1) is 11.3 Å². The number of para-hydroxylation sites is 1. The van der Waals surface area contributed by atoms with Crippen LogP contribution in [-0.2, 0) is 14.8 Å². The number of nitrogens with zero attached hydrogens (tertiary/aromatic N) is 1. The molecule has 2 N–H and O–H groups in total. The van der Waals surface area contributed by atoms with Crippen molar-refractivity contribution in [2.45, 2.75) is 4.21 Å². The van der Waals surface area contributed by atoms with E-state index in [1.807, 2.05) is 18.2 Å². The lowest BCUT2D eigenvalue weighted by atomic mass is 10.2. The lowest BCUT2D eigenvalue weighted by molar-refractivity contribution is -0.115. The molecule has 0 aliphatic rings. The molecule has 118 valence electrons. The van der Waals surface area contributed by atoms with E-state index in [1.54, 1.807) is 29.8 Å². The largest absolute Gasteiger partial charge is 0.323 e. The Labute approximate surface area is 137 Å². The molecule has 0 unspecified atom stereocenters. The van der Waals surface area contributed by atoms with E-state index in [2.05, 4.69) is 15.0 Å². The lowest BCUT2D eigenvalue weighted by Gasteiger charge is -2.08. The highest BCUT2D eigenvalue weighted by Gasteiger charge is 2.16. The first kappa shape index (κ1) is 15.6. The fourth-order valence-corrected chi connectivity index (χ4v) is 4.07. The molecule has 0 radical (unpaired) electrons. The van der Waals surface area contributed by atoms with Crippen LogP contribution in [0.3, 0.4) is 0 Å². The number of sulfonamides is 1. The summed E-state index contributed by atoms with van der Waals surface area (Å²) in [4.78, 5) is 16.2. The van der Waals surface area contributed by atoms with Gasteiger partial charge in [-0.3, -0.25) is 9.78 Å². The van der Waals surface area contributed by atoms with Gasteiger partial charge in [0.2, 0.25) is 5.91 Å². The molecule has 1 amide bonds. The number of pyridine rings is 1. The van der Waals surface area contributed by atoms with Gasteiger partial charge in [0.25, 0.3) is 10.0 Å². The first-order valence-corrected chi connectivity index (χ1v) is 9.09. The lowest BCUT2D eigenvalue weighted by Crippen LogP contribution is -2.32. The van der Waals surface area contributed by atoms with E-state index in [0.717, 1.165) is 16.7 Å². The second kappa shape index (κ2) is 6.45. The molecule has 3 rings (SSSR count). The molecule has 0 bridgehead atoms. The Morgan fingerprint density at radius 2 is 1.96 bits per heavy atom. The number of nitrogens with one attached hydrogen (secondary N) is 2. The van der Waals surface area contributed by atoms with E-state index in [-0.39, 0.29) is 10.8 Å². The fourth-order valence-electron chi connectivity index (χ4n) is 2.05. The summed E-state index contributed by atoms with van der Waals surface area (Å²) in [5.74, 6) is -0.455. The van der Waals surface area contributed by atoms with Crippen LogP contribution in [0.5, 0.6) is 0 Å². The Bertz CT molecular complexity index is 932. The van der Waals surface area contributed by atoms with Crippen molar-refractivity contribution in [2.75, 3.05) is 11.9 Å². The van der Waals surface area contributed by atoms with Crippen LogP contribution in [0.25, 0.3) is 10.9 Å². The molecule has 0 saturated carbocycles. The minimum absolute atomic E-state index is 0.178. The molecule has 1 aromatic carbocycles. The number of carbonyl (C=O) groups excluding carboxylic acids is 1. The van der Waals surface area contributed by atoms with Crippen molar-refractivity contribution in [1.82, 2.24) is 9.71 Å². The number of hydrogen-bond donors (Lipinski definition) is 2. The van der Waals surface area contributed by atoms with E-state index in [1.165, 1.54) is 6.07 Å². The van der Waals surface area contributed by atoms with Crippen molar-refractivity contribution in [1.29, 1.82) is 0 Å². The molecule has 6 nitrogen and oxygen atoms in total. The van der Waals surface area contributed by atoms with Crippen molar-refractivity contribution in [3.8, 4) is 0 Å². The maximum Gasteiger partial charge on any atom is 0.250 e. The summed E-state index contributed by atoms with van der Waals surface area (Å²) in [6.07, 6.45) is 1.64. The summed E-state index contributed by atoms with van der Waals surface area (Å²) in [6, 6.07) is 12.2. The normalized spacial score (nSPS) is 11.5. The second-order valence-electron chi connectivity index (χ2n) is 4.69. The zero-order valence-corrected chi connectivity index (χ0v) is 13.5. The Kier molecular flexibility index (Phi) is 4.37. The van der Waals surface area contributed by atoms with Crippen LogP contribution in [0, 0.1) is 0 Å². The second-order valence-corrected chi connectivity index (χ2v) is 7.63. The SMILES string of the molecule is O=C(CNS(=O)(=O)c1cccs1)Nc1cccc2cccnc12. The first-order chi connectivity index (χ1) is 11.1. The van der Waals surface area contributed by atoms with Gasteiger partial charge in [-0.2, -0.15) is 0 Å². The van der Waals surface area contributed by atoms with Crippen molar-refractivity contribution in [3.63, 3.8) is 0 Å². The topological polar surface area (TPSA) is 88.2 Å². The van der Waals surface area contributed by atoms with E-state index in [9.17, 15) is 13.2 Å². The van der Waals surface area contributed by atoms with Gasteiger partial charge in [-0.1, -0.05) is 24.3 Å². The predicted molar refractivity (Wildman–Crippen MR) is 89.9 cm³/mol. The average Bonchev–Trinajstić information content (AvgIpc) is 3.09. The fraction of sp³-hybridized carbons (Fsp3) is 0.0667. The molecule has 3 aromatic rings. The monoisotopic (exact) mass is 347 g/mol. The van der Waals surface area contributed by atoms with Gasteiger partial charge < -0.3 is 5.32 Å². The van der Waals surface area contributed by atoms with Crippen LogP contribution in [0.1, 0.15) is 0 Å². The third-order valence-corrected chi connectivity index (χ3v) is 5.89. The molecule has 0 aliphatic carbocycles. The number of rotatable bonds is 5. The summed E-state index contributed by atoms with van der Waals surface area (Å²) in [7, 11) is -3.65. The highest BCUT2D eigenvalue weighted by molar-refractivity contribution is 7.91. The maximum atomic E-state index is 12.0.